The fourth-order valence-corrected chi connectivity index (χ4v) is 2.16. The summed E-state index contributed by atoms with van der Waals surface area (Å²) in [4.78, 5) is 12.1. The summed E-state index contributed by atoms with van der Waals surface area (Å²) in [6.07, 6.45) is 1.21. The number of carbonyl (C=O) groups is 1. The highest BCUT2D eigenvalue weighted by atomic mass is 16.3. The van der Waals surface area contributed by atoms with Crippen LogP contribution in [0.25, 0.3) is 0 Å². The molecule has 0 aromatic heterocycles. The highest BCUT2D eigenvalue weighted by molar-refractivity contribution is 5.76. The summed E-state index contributed by atoms with van der Waals surface area (Å²) in [6.45, 7) is 9.30. The Labute approximate surface area is 128 Å². The first-order valence-corrected chi connectivity index (χ1v) is 7.77. The second-order valence-electron chi connectivity index (χ2n) is 6.90. The minimum absolute atomic E-state index is 0.0938. The average Bonchev–Trinajstić information content (AvgIpc) is 2.43. The van der Waals surface area contributed by atoms with Gasteiger partial charge in [-0.15, -0.1) is 0 Å². The van der Waals surface area contributed by atoms with Gasteiger partial charge in [0.1, 0.15) is 0 Å². The van der Waals surface area contributed by atoms with E-state index in [-0.39, 0.29) is 23.8 Å². The van der Waals surface area contributed by atoms with Crippen molar-refractivity contribution in [3.63, 3.8) is 0 Å². The molecule has 2 unspecified atom stereocenters. The van der Waals surface area contributed by atoms with Gasteiger partial charge in [0.05, 0.1) is 0 Å². The average molecular weight is 291 g/mol. The summed E-state index contributed by atoms with van der Waals surface area (Å²) >= 11 is 0. The van der Waals surface area contributed by atoms with Gasteiger partial charge in [0.25, 0.3) is 0 Å². The number of aliphatic hydroxyl groups is 1. The second-order valence-corrected chi connectivity index (χ2v) is 6.90. The van der Waals surface area contributed by atoms with Crippen molar-refractivity contribution in [3.8, 4) is 0 Å². The number of rotatable bonds is 7. The van der Waals surface area contributed by atoms with E-state index in [1.54, 1.807) is 0 Å². The summed E-state index contributed by atoms with van der Waals surface area (Å²) in [6, 6.07) is 10.0. The van der Waals surface area contributed by atoms with Crippen molar-refractivity contribution in [2.75, 3.05) is 13.2 Å². The lowest BCUT2D eigenvalue weighted by Crippen LogP contribution is -2.32. The molecule has 0 radical (unpaired) electrons. The lowest BCUT2D eigenvalue weighted by atomic mass is 9.80. The summed E-state index contributed by atoms with van der Waals surface area (Å²) in [7, 11) is 0. The molecule has 21 heavy (non-hydrogen) atoms. The van der Waals surface area contributed by atoms with Crippen molar-refractivity contribution < 1.29 is 9.90 Å². The lowest BCUT2D eigenvalue weighted by Gasteiger charge is -2.27. The summed E-state index contributed by atoms with van der Waals surface area (Å²) in [5.74, 6) is 0.604. The van der Waals surface area contributed by atoms with Crippen molar-refractivity contribution in [2.24, 2.45) is 11.3 Å². The lowest BCUT2D eigenvalue weighted by molar-refractivity contribution is -0.122. The SMILES string of the molecule is CC(CC(=O)NCC(CCO)c1ccccc1)C(C)(C)C. The Kier molecular flexibility index (Phi) is 6.90. The third kappa shape index (κ3) is 6.30. The molecule has 1 rings (SSSR count). The van der Waals surface area contributed by atoms with Crippen molar-refractivity contribution in [1.29, 1.82) is 0 Å². The molecule has 0 heterocycles. The van der Waals surface area contributed by atoms with E-state index >= 15 is 0 Å². The summed E-state index contributed by atoms with van der Waals surface area (Å²) in [5, 5.41) is 12.2. The van der Waals surface area contributed by atoms with E-state index in [2.05, 4.69) is 33.0 Å². The van der Waals surface area contributed by atoms with Crippen LogP contribution in [0.3, 0.4) is 0 Å². The van der Waals surface area contributed by atoms with Gasteiger partial charge in [-0.25, -0.2) is 0 Å². The predicted molar refractivity (Wildman–Crippen MR) is 87.1 cm³/mol. The molecule has 0 saturated heterocycles. The van der Waals surface area contributed by atoms with E-state index in [4.69, 9.17) is 0 Å². The maximum atomic E-state index is 12.1. The van der Waals surface area contributed by atoms with Gasteiger partial charge < -0.3 is 10.4 Å². The van der Waals surface area contributed by atoms with Crippen LogP contribution in [0, 0.1) is 11.3 Å². The van der Waals surface area contributed by atoms with Crippen LogP contribution in [0.15, 0.2) is 30.3 Å². The highest BCUT2D eigenvalue weighted by Crippen LogP contribution is 2.28. The zero-order valence-corrected chi connectivity index (χ0v) is 13.7. The van der Waals surface area contributed by atoms with Gasteiger partial charge in [0.15, 0.2) is 0 Å². The molecule has 3 heteroatoms. The number of amides is 1. The normalized spacial score (nSPS) is 14.5. The van der Waals surface area contributed by atoms with E-state index < -0.39 is 0 Å². The molecule has 0 saturated carbocycles. The molecule has 3 nitrogen and oxygen atoms in total. The van der Waals surface area contributed by atoms with Crippen LogP contribution >= 0.6 is 0 Å². The number of carbonyl (C=O) groups excluding carboxylic acids is 1. The van der Waals surface area contributed by atoms with Crippen molar-refractivity contribution in [1.82, 2.24) is 5.32 Å². The van der Waals surface area contributed by atoms with Crippen molar-refractivity contribution in [3.05, 3.63) is 35.9 Å². The van der Waals surface area contributed by atoms with E-state index in [0.29, 0.717) is 25.3 Å². The Balaban J connectivity index is 2.52. The summed E-state index contributed by atoms with van der Waals surface area (Å²) in [5.41, 5.74) is 1.30. The van der Waals surface area contributed by atoms with Gasteiger partial charge in [-0.1, -0.05) is 58.0 Å². The Hall–Kier alpha value is -1.35. The number of hydrogen-bond donors (Lipinski definition) is 2. The first kappa shape index (κ1) is 17.7. The van der Waals surface area contributed by atoms with Crippen LogP contribution in [0.4, 0.5) is 0 Å². The fraction of sp³-hybridized carbons (Fsp3) is 0.611. The number of nitrogens with one attached hydrogen (secondary N) is 1. The molecule has 0 aliphatic rings. The largest absolute Gasteiger partial charge is 0.396 e. The molecular weight excluding hydrogens is 262 g/mol. The molecule has 2 N–H and O–H groups in total. The molecule has 118 valence electrons. The number of aliphatic hydroxyl groups excluding tert-OH is 1. The standard InChI is InChI=1S/C18H29NO2/c1-14(18(2,3)4)12-17(21)19-13-16(10-11-20)15-8-6-5-7-9-15/h5-9,14,16,20H,10-13H2,1-4H3,(H,19,21). The monoisotopic (exact) mass is 291 g/mol. The van der Waals surface area contributed by atoms with Gasteiger partial charge in [-0.3, -0.25) is 4.79 Å². The van der Waals surface area contributed by atoms with E-state index in [1.165, 1.54) is 0 Å². The summed E-state index contributed by atoms with van der Waals surface area (Å²) < 4.78 is 0. The first-order chi connectivity index (χ1) is 9.84. The molecule has 0 aliphatic carbocycles. The van der Waals surface area contributed by atoms with Crippen LogP contribution in [-0.2, 0) is 4.79 Å². The van der Waals surface area contributed by atoms with E-state index in [9.17, 15) is 9.90 Å². The van der Waals surface area contributed by atoms with Crippen molar-refractivity contribution >= 4 is 5.91 Å². The first-order valence-electron chi connectivity index (χ1n) is 7.77. The fourth-order valence-electron chi connectivity index (χ4n) is 2.16. The third-order valence-electron chi connectivity index (χ3n) is 4.26. The maximum absolute atomic E-state index is 12.1. The zero-order chi connectivity index (χ0) is 15.9. The molecule has 0 spiro atoms. The Morgan fingerprint density at radius 1 is 1.24 bits per heavy atom. The molecule has 0 fully saturated rings. The zero-order valence-electron chi connectivity index (χ0n) is 13.7. The minimum Gasteiger partial charge on any atom is -0.396 e. The van der Waals surface area contributed by atoms with E-state index in [0.717, 1.165) is 5.56 Å². The molecule has 1 aromatic rings. The van der Waals surface area contributed by atoms with Crippen LogP contribution in [0.5, 0.6) is 0 Å². The topological polar surface area (TPSA) is 49.3 Å². The number of benzene rings is 1. The van der Waals surface area contributed by atoms with Gasteiger partial charge in [0.2, 0.25) is 5.91 Å². The predicted octanol–water partition coefficient (Wildman–Crippen LogP) is 3.34. The molecule has 2 atom stereocenters. The molecule has 1 aromatic carbocycles. The van der Waals surface area contributed by atoms with Crippen LogP contribution in [0.1, 0.15) is 52.0 Å². The molecule has 0 bridgehead atoms. The van der Waals surface area contributed by atoms with Gasteiger partial charge >= 0.3 is 0 Å². The van der Waals surface area contributed by atoms with Crippen molar-refractivity contribution in [2.45, 2.75) is 46.5 Å². The highest BCUT2D eigenvalue weighted by Gasteiger charge is 2.22. The number of hydrogen-bond acceptors (Lipinski definition) is 2. The second kappa shape index (κ2) is 8.18. The Bertz CT molecular complexity index is 423. The maximum Gasteiger partial charge on any atom is 0.220 e. The minimum atomic E-state index is 0.0938. The molecular formula is C18H29NO2. The van der Waals surface area contributed by atoms with E-state index in [1.807, 2.05) is 30.3 Å². The van der Waals surface area contributed by atoms with Gasteiger partial charge in [-0.05, 0) is 23.3 Å². The Morgan fingerprint density at radius 3 is 2.38 bits per heavy atom. The van der Waals surface area contributed by atoms with Crippen LogP contribution in [-0.4, -0.2) is 24.2 Å². The van der Waals surface area contributed by atoms with Gasteiger partial charge in [-0.2, -0.15) is 0 Å². The van der Waals surface area contributed by atoms with Crippen LogP contribution in [0.2, 0.25) is 0 Å². The molecule has 0 aliphatic heterocycles. The Morgan fingerprint density at radius 2 is 1.86 bits per heavy atom. The smallest absolute Gasteiger partial charge is 0.220 e. The van der Waals surface area contributed by atoms with Crippen LogP contribution < -0.4 is 5.32 Å². The third-order valence-corrected chi connectivity index (χ3v) is 4.26. The van der Waals surface area contributed by atoms with Gasteiger partial charge in [0, 0.05) is 25.5 Å². The quantitative estimate of drug-likeness (QED) is 0.809. The molecule has 1 amide bonds.